The highest BCUT2D eigenvalue weighted by Gasteiger charge is 2.10. The van der Waals surface area contributed by atoms with Crippen LogP contribution in [0.25, 0.3) is 0 Å². The Morgan fingerprint density at radius 2 is 2.43 bits per heavy atom. The Morgan fingerprint density at radius 3 is 2.93 bits per heavy atom. The Kier molecular flexibility index (Phi) is 4.10. The molecule has 1 aromatic heterocycles. The normalized spacial score (nSPS) is 12.5. The van der Waals surface area contributed by atoms with E-state index in [9.17, 15) is 4.79 Å². The maximum absolute atomic E-state index is 10.9. The van der Waals surface area contributed by atoms with E-state index in [1.807, 2.05) is 6.92 Å². The summed E-state index contributed by atoms with van der Waals surface area (Å²) in [6.07, 6.45) is 1.03. The zero-order valence-corrected chi connectivity index (χ0v) is 9.26. The number of carbonyl (C=O) groups excluding carboxylic acids is 1. The average Bonchev–Trinajstić information content (AvgIpc) is 2.60. The largest absolute Gasteiger partial charge is 0.469 e. The van der Waals surface area contributed by atoms with Crippen LogP contribution in [-0.2, 0) is 9.53 Å². The Morgan fingerprint density at radius 1 is 1.71 bits per heavy atom. The maximum atomic E-state index is 10.9. The minimum Gasteiger partial charge on any atom is -0.469 e. The Labute approximate surface area is 87.9 Å². The summed E-state index contributed by atoms with van der Waals surface area (Å²) >= 11 is 1.64. The molecule has 14 heavy (non-hydrogen) atoms. The molecule has 78 valence electrons. The second-order valence-electron chi connectivity index (χ2n) is 3.25. The second-order valence-corrected chi connectivity index (χ2v) is 4.19. The smallest absolute Gasteiger partial charge is 0.305 e. The highest BCUT2D eigenvalue weighted by molar-refractivity contribution is 7.10. The van der Waals surface area contributed by atoms with E-state index in [2.05, 4.69) is 16.2 Å². The number of thiophene rings is 1. The molecule has 0 bridgehead atoms. The van der Waals surface area contributed by atoms with Gasteiger partial charge in [0.25, 0.3) is 0 Å². The third-order valence-corrected chi connectivity index (χ3v) is 3.19. The van der Waals surface area contributed by atoms with Crippen LogP contribution in [0.1, 0.15) is 29.3 Å². The van der Waals surface area contributed by atoms with Crippen LogP contribution in [0, 0.1) is 6.92 Å². The number of esters is 1. The fraction of sp³-hybridized carbons (Fsp3) is 0.500. The molecule has 0 saturated heterocycles. The number of methoxy groups -OCH3 is 1. The van der Waals surface area contributed by atoms with Gasteiger partial charge in [0.15, 0.2) is 0 Å². The summed E-state index contributed by atoms with van der Waals surface area (Å²) in [5.41, 5.74) is 7.13. The lowest BCUT2D eigenvalue weighted by Crippen LogP contribution is -2.11. The summed E-state index contributed by atoms with van der Waals surface area (Å²) in [6, 6.07) is 2.01. The summed E-state index contributed by atoms with van der Waals surface area (Å²) in [6.45, 7) is 2.03. The molecule has 0 aliphatic rings. The highest BCUT2D eigenvalue weighted by atomic mass is 32.1. The van der Waals surface area contributed by atoms with Gasteiger partial charge in [-0.15, -0.1) is 11.3 Å². The molecule has 0 aliphatic heterocycles. The topological polar surface area (TPSA) is 52.3 Å². The SMILES string of the molecule is COC(=O)CCC(N)c1cc(C)cs1. The van der Waals surface area contributed by atoms with Gasteiger partial charge in [-0.3, -0.25) is 4.79 Å². The predicted octanol–water partition coefficient (Wildman–Crippen LogP) is 2.01. The van der Waals surface area contributed by atoms with Gasteiger partial charge in [0.2, 0.25) is 0 Å². The average molecular weight is 213 g/mol. The van der Waals surface area contributed by atoms with Gasteiger partial charge in [0, 0.05) is 17.3 Å². The number of hydrogen-bond donors (Lipinski definition) is 1. The third-order valence-electron chi connectivity index (χ3n) is 2.00. The molecule has 0 aliphatic carbocycles. The number of rotatable bonds is 4. The zero-order chi connectivity index (χ0) is 10.6. The van der Waals surface area contributed by atoms with Crippen molar-refractivity contribution in [2.75, 3.05) is 7.11 Å². The van der Waals surface area contributed by atoms with Crippen molar-refractivity contribution in [3.05, 3.63) is 21.9 Å². The molecule has 1 atom stereocenters. The minimum absolute atomic E-state index is 0.0483. The van der Waals surface area contributed by atoms with Crippen molar-refractivity contribution in [2.45, 2.75) is 25.8 Å². The molecule has 1 aromatic rings. The van der Waals surface area contributed by atoms with Crippen LogP contribution in [0.15, 0.2) is 11.4 Å². The monoisotopic (exact) mass is 213 g/mol. The van der Waals surface area contributed by atoms with E-state index in [0.29, 0.717) is 12.8 Å². The molecule has 0 radical (unpaired) electrons. The number of aryl methyl sites for hydroxylation is 1. The molecule has 2 N–H and O–H groups in total. The van der Waals surface area contributed by atoms with Crippen LogP contribution in [0.4, 0.5) is 0 Å². The van der Waals surface area contributed by atoms with Crippen molar-refractivity contribution in [2.24, 2.45) is 5.73 Å². The third kappa shape index (κ3) is 3.12. The van der Waals surface area contributed by atoms with E-state index in [1.165, 1.54) is 12.7 Å². The first-order valence-corrected chi connectivity index (χ1v) is 5.39. The fourth-order valence-electron chi connectivity index (χ4n) is 1.17. The van der Waals surface area contributed by atoms with E-state index in [1.54, 1.807) is 11.3 Å². The van der Waals surface area contributed by atoms with Crippen molar-refractivity contribution < 1.29 is 9.53 Å². The van der Waals surface area contributed by atoms with Crippen LogP contribution in [-0.4, -0.2) is 13.1 Å². The van der Waals surface area contributed by atoms with Crippen LogP contribution >= 0.6 is 11.3 Å². The Hall–Kier alpha value is -0.870. The van der Waals surface area contributed by atoms with Gasteiger partial charge in [0.05, 0.1) is 7.11 Å². The molecular formula is C10H15NO2S. The van der Waals surface area contributed by atoms with Gasteiger partial charge in [0.1, 0.15) is 0 Å². The maximum Gasteiger partial charge on any atom is 0.305 e. The van der Waals surface area contributed by atoms with Gasteiger partial charge < -0.3 is 10.5 Å². The van der Waals surface area contributed by atoms with Crippen LogP contribution < -0.4 is 5.73 Å². The summed E-state index contributed by atoms with van der Waals surface area (Å²) in [4.78, 5) is 12.0. The van der Waals surface area contributed by atoms with Crippen LogP contribution in [0.2, 0.25) is 0 Å². The Bertz CT molecular complexity index is 309. The van der Waals surface area contributed by atoms with Gasteiger partial charge in [-0.25, -0.2) is 0 Å². The van der Waals surface area contributed by atoms with E-state index < -0.39 is 0 Å². The lowest BCUT2D eigenvalue weighted by Gasteiger charge is -2.07. The lowest BCUT2D eigenvalue weighted by atomic mass is 10.1. The molecule has 0 amide bonds. The van der Waals surface area contributed by atoms with E-state index in [0.717, 1.165) is 4.88 Å². The number of ether oxygens (including phenoxy) is 1. The van der Waals surface area contributed by atoms with Gasteiger partial charge >= 0.3 is 5.97 Å². The van der Waals surface area contributed by atoms with E-state index in [-0.39, 0.29) is 12.0 Å². The van der Waals surface area contributed by atoms with Crippen molar-refractivity contribution in [3.8, 4) is 0 Å². The van der Waals surface area contributed by atoms with Crippen molar-refractivity contribution >= 4 is 17.3 Å². The van der Waals surface area contributed by atoms with E-state index in [4.69, 9.17) is 5.73 Å². The van der Waals surface area contributed by atoms with Gasteiger partial charge in [-0.1, -0.05) is 0 Å². The van der Waals surface area contributed by atoms with Crippen molar-refractivity contribution in [3.63, 3.8) is 0 Å². The summed E-state index contributed by atoms with van der Waals surface area (Å²) in [5, 5.41) is 2.06. The molecule has 0 spiro atoms. The fourth-order valence-corrected chi connectivity index (χ4v) is 2.10. The van der Waals surface area contributed by atoms with Gasteiger partial charge in [-0.2, -0.15) is 0 Å². The predicted molar refractivity (Wildman–Crippen MR) is 57.2 cm³/mol. The minimum atomic E-state index is -0.200. The molecular weight excluding hydrogens is 198 g/mol. The number of nitrogens with two attached hydrogens (primary N) is 1. The first kappa shape index (κ1) is 11.2. The second kappa shape index (κ2) is 5.12. The quantitative estimate of drug-likeness (QED) is 0.778. The van der Waals surface area contributed by atoms with Gasteiger partial charge in [-0.05, 0) is 30.4 Å². The molecule has 0 saturated carbocycles. The number of carbonyl (C=O) groups is 1. The molecule has 1 heterocycles. The van der Waals surface area contributed by atoms with E-state index >= 15 is 0 Å². The molecule has 0 aromatic carbocycles. The number of hydrogen-bond acceptors (Lipinski definition) is 4. The highest BCUT2D eigenvalue weighted by Crippen LogP contribution is 2.23. The summed E-state index contributed by atoms with van der Waals surface area (Å²) in [5.74, 6) is -0.200. The molecule has 1 unspecified atom stereocenters. The molecule has 3 nitrogen and oxygen atoms in total. The lowest BCUT2D eigenvalue weighted by molar-refractivity contribution is -0.140. The molecule has 4 heteroatoms. The van der Waals surface area contributed by atoms with Crippen molar-refractivity contribution in [1.29, 1.82) is 0 Å². The standard InChI is InChI=1S/C10H15NO2S/c1-7-5-9(14-6-7)8(11)3-4-10(12)13-2/h5-6,8H,3-4,11H2,1-2H3. The van der Waals surface area contributed by atoms with Crippen LogP contribution in [0.3, 0.4) is 0 Å². The molecule has 1 rings (SSSR count). The van der Waals surface area contributed by atoms with Crippen molar-refractivity contribution in [1.82, 2.24) is 0 Å². The molecule has 0 fully saturated rings. The first-order valence-electron chi connectivity index (χ1n) is 4.51. The zero-order valence-electron chi connectivity index (χ0n) is 8.45. The summed E-state index contributed by atoms with van der Waals surface area (Å²) < 4.78 is 4.55. The van der Waals surface area contributed by atoms with Crippen LogP contribution in [0.5, 0.6) is 0 Å². The Balaban J connectivity index is 2.42. The first-order chi connectivity index (χ1) is 6.63. The summed E-state index contributed by atoms with van der Waals surface area (Å²) in [7, 11) is 1.39.